The number of amides is 1. The van der Waals surface area contributed by atoms with Crippen molar-refractivity contribution in [3.8, 4) is 5.69 Å². The number of aryl methyl sites for hydroxylation is 2. The number of benzene rings is 2. The highest BCUT2D eigenvalue weighted by Crippen LogP contribution is 2.22. The number of piperazine rings is 1. The quantitative estimate of drug-likeness (QED) is 0.448. The number of carbonyl (C=O) groups excluding carboxylic acids is 1. The summed E-state index contributed by atoms with van der Waals surface area (Å²) in [7, 11) is 1.78. The standard InChI is InChI=1S/C25H23ClFN5O2/c1-16-22-23(33)21(15-29(2)24(22)32(28-16)20-9-5-18(27)6-10-20)25(34)31-13-11-30(12-14-31)19-7-3-17(26)4-8-19/h3-10,15H,11-14H2,1-2H3. The van der Waals surface area contributed by atoms with Crippen molar-refractivity contribution in [3.63, 3.8) is 0 Å². The van der Waals surface area contributed by atoms with Crippen molar-refractivity contribution in [2.75, 3.05) is 31.1 Å². The molecule has 1 saturated heterocycles. The van der Waals surface area contributed by atoms with Gasteiger partial charge in [-0.3, -0.25) is 9.59 Å². The second-order valence-corrected chi connectivity index (χ2v) is 8.85. The number of hydrogen-bond acceptors (Lipinski definition) is 4. The topological polar surface area (TPSA) is 63.4 Å². The summed E-state index contributed by atoms with van der Waals surface area (Å²) in [5.41, 5.74) is 2.53. The summed E-state index contributed by atoms with van der Waals surface area (Å²) in [5.74, 6) is -0.637. The SMILES string of the molecule is Cc1nn(-c2ccc(F)cc2)c2c1c(=O)c(C(=O)N1CCN(c3ccc(Cl)cc3)CC1)cn2C. The van der Waals surface area contributed by atoms with E-state index in [1.165, 1.54) is 12.1 Å². The maximum atomic E-state index is 13.4. The number of pyridine rings is 1. The van der Waals surface area contributed by atoms with Crippen LogP contribution in [-0.4, -0.2) is 51.3 Å². The number of carbonyl (C=O) groups is 1. The van der Waals surface area contributed by atoms with Crippen LogP contribution in [0.15, 0.2) is 59.5 Å². The Kier molecular flexibility index (Phi) is 5.61. The molecule has 0 unspecified atom stereocenters. The zero-order valence-corrected chi connectivity index (χ0v) is 19.6. The first kappa shape index (κ1) is 22.2. The number of nitrogens with zero attached hydrogens (tertiary/aromatic N) is 5. The van der Waals surface area contributed by atoms with Crippen LogP contribution >= 0.6 is 11.6 Å². The van der Waals surface area contributed by atoms with Crippen molar-refractivity contribution in [3.05, 3.63) is 87.0 Å². The average Bonchev–Trinajstić information content (AvgIpc) is 3.20. The van der Waals surface area contributed by atoms with E-state index >= 15 is 0 Å². The molecule has 34 heavy (non-hydrogen) atoms. The fraction of sp³-hybridized carbons (Fsp3) is 0.240. The fourth-order valence-electron chi connectivity index (χ4n) is 4.46. The molecule has 1 aliphatic rings. The van der Waals surface area contributed by atoms with Crippen LogP contribution in [0.5, 0.6) is 0 Å². The lowest BCUT2D eigenvalue weighted by molar-refractivity contribution is 0.0745. The highest BCUT2D eigenvalue weighted by atomic mass is 35.5. The van der Waals surface area contributed by atoms with Crippen LogP contribution in [0.4, 0.5) is 10.1 Å². The molecule has 2 aromatic heterocycles. The van der Waals surface area contributed by atoms with Crippen molar-refractivity contribution in [1.29, 1.82) is 0 Å². The third-order valence-electron chi connectivity index (χ3n) is 6.22. The maximum Gasteiger partial charge on any atom is 0.259 e. The lowest BCUT2D eigenvalue weighted by Gasteiger charge is -2.36. The molecular formula is C25H23ClFN5O2. The number of aromatic nitrogens is 3. The Morgan fingerprint density at radius 2 is 1.59 bits per heavy atom. The molecule has 1 fully saturated rings. The number of halogens is 2. The maximum absolute atomic E-state index is 13.4. The highest BCUT2D eigenvalue weighted by Gasteiger charge is 2.27. The van der Waals surface area contributed by atoms with E-state index in [2.05, 4.69) is 10.00 Å². The van der Waals surface area contributed by atoms with Crippen molar-refractivity contribution in [2.24, 2.45) is 7.05 Å². The van der Waals surface area contributed by atoms with Gasteiger partial charge in [0.2, 0.25) is 5.43 Å². The van der Waals surface area contributed by atoms with Gasteiger partial charge in [-0.05, 0) is 55.5 Å². The first-order valence-corrected chi connectivity index (χ1v) is 11.4. The first-order chi connectivity index (χ1) is 16.3. The Bertz CT molecular complexity index is 1440. The van der Waals surface area contributed by atoms with E-state index in [4.69, 9.17) is 11.6 Å². The summed E-state index contributed by atoms with van der Waals surface area (Å²) in [5, 5.41) is 5.58. The minimum Gasteiger partial charge on any atom is -0.368 e. The Labute approximate surface area is 200 Å². The van der Waals surface area contributed by atoms with E-state index in [1.807, 2.05) is 24.3 Å². The van der Waals surface area contributed by atoms with E-state index in [1.54, 1.807) is 46.4 Å². The normalized spacial score (nSPS) is 14.1. The second kappa shape index (κ2) is 8.61. The molecule has 0 N–H and O–H groups in total. The number of hydrogen-bond donors (Lipinski definition) is 0. The van der Waals surface area contributed by atoms with Crippen molar-refractivity contribution >= 4 is 34.2 Å². The van der Waals surface area contributed by atoms with Gasteiger partial charge in [-0.15, -0.1) is 0 Å². The third kappa shape index (κ3) is 3.84. The van der Waals surface area contributed by atoms with Gasteiger partial charge >= 0.3 is 0 Å². The fourth-order valence-corrected chi connectivity index (χ4v) is 4.59. The molecule has 0 atom stereocenters. The van der Waals surface area contributed by atoms with E-state index in [0.29, 0.717) is 53.6 Å². The molecule has 1 aliphatic heterocycles. The number of rotatable bonds is 3. The molecule has 174 valence electrons. The Hall–Kier alpha value is -3.65. The molecule has 3 heterocycles. The molecule has 9 heteroatoms. The van der Waals surface area contributed by atoms with Crippen LogP contribution in [0.25, 0.3) is 16.7 Å². The van der Waals surface area contributed by atoms with Gasteiger partial charge in [-0.25, -0.2) is 9.07 Å². The Balaban J connectivity index is 1.44. The Morgan fingerprint density at radius 3 is 2.24 bits per heavy atom. The molecule has 7 nitrogen and oxygen atoms in total. The molecule has 4 aromatic rings. The van der Waals surface area contributed by atoms with Gasteiger partial charge in [0.05, 0.1) is 16.8 Å². The van der Waals surface area contributed by atoms with Crippen molar-refractivity contribution < 1.29 is 9.18 Å². The summed E-state index contributed by atoms with van der Waals surface area (Å²) >= 11 is 5.98. The van der Waals surface area contributed by atoms with E-state index in [0.717, 1.165) is 5.69 Å². The van der Waals surface area contributed by atoms with Crippen LogP contribution in [0.2, 0.25) is 5.02 Å². The van der Waals surface area contributed by atoms with Crippen molar-refractivity contribution in [1.82, 2.24) is 19.2 Å². The molecule has 0 spiro atoms. The zero-order valence-electron chi connectivity index (χ0n) is 18.8. The van der Waals surface area contributed by atoms with Crippen LogP contribution in [-0.2, 0) is 7.05 Å². The summed E-state index contributed by atoms with van der Waals surface area (Å²) in [6.07, 6.45) is 1.57. The van der Waals surface area contributed by atoms with Gasteiger partial charge < -0.3 is 14.4 Å². The number of fused-ring (bicyclic) bond motifs is 1. The van der Waals surface area contributed by atoms with Gasteiger partial charge in [0.25, 0.3) is 5.91 Å². The van der Waals surface area contributed by atoms with Gasteiger partial charge in [-0.1, -0.05) is 11.6 Å². The van der Waals surface area contributed by atoms with Crippen LogP contribution in [0.3, 0.4) is 0 Å². The molecule has 5 rings (SSSR count). The smallest absolute Gasteiger partial charge is 0.259 e. The molecule has 0 aliphatic carbocycles. The molecular weight excluding hydrogens is 457 g/mol. The molecule has 2 aromatic carbocycles. The molecule has 0 bridgehead atoms. The van der Waals surface area contributed by atoms with E-state index in [-0.39, 0.29) is 22.7 Å². The Morgan fingerprint density at radius 1 is 0.971 bits per heavy atom. The summed E-state index contributed by atoms with van der Waals surface area (Å²) in [6.45, 7) is 4.09. The van der Waals surface area contributed by atoms with Gasteiger partial charge in [0, 0.05) is 50.1 Å². The summed E-state index contributed by atoms with van der Waals surface area (Å²) in [4.78, 5) is 30.7. The van der Waals surface area contributed by atoms with E-state index < -0.39 is 0 Å². The van der Waals surface area contributed by atoms with E-state index in [9.17, 15) is 14.0 Å². The predicted octanol–water partition coefficient (Wildman–Crippen LogP) is 3.79. The van der Waals surface area contributed by atoms with Gasteiger partial charge in [-0.2, -0.15) is 5.10 Å². The van der Waals surface area contributed by atoms with Crippen molar-refractivity contribution in [2.45, 2.75) is 6.92 Å². The minimum atomic E-state index is -0.352. The summed E-state index contributed by atoms with van der Waals surface area (Å²) < 4.78 is 16.7. The second-order valence-electron chi connectivity index (χ2n) is 8.41. The predicted molar refractivity (Wildman–Crippen MR) is 131 cm³/mol. The van der Waals surface area contributed by atoms with Gasteiger partial charge in [0.1, 0.15) is 17.0 Å². The molecule has 1 amide bonds. The molecule has 0 radical (unpaired) electrons. The van der Waals surface area contributed by atoms with Crippen LogP contribution < -0.4 is 10.3 Å². The van der Waals surface area contributed by atoms with Crippen LogP contribution in [0.1, 0.15) is 16.1 Å². The van der Waals surface area contributed by atoms with Crippen LogP contribution in [0, 0.1) is 12.7 Å². The largest absolute Gasteiger partial charge is 0.368 e. The third-order valence-corrected chi connectivity index (χ3v) is 6.48. The minimum absolute atomic E-state index is 0.122. The lowest BCUT2D eigenvalue weighted by Crippen LogP contribution is -2.49. The number of anilines is 1. The zero-order chi connectivity index (χ0) is 24.0. The molecule has 0 saturated carbocycles. The average molecular weight is 480 g/mol. The lowest BCUT2D eigenvalue weighted by atomic mass is 10.1. The first-order valence-electron chi connectivity index (χ1n) is 11.0. The highest BCUT2D eigenvalue weighted by molar-refractivity contribution is 6.30. The monoisotopic (exact) mass is 479 g/mol. The summed E-state index contributed by atoms with van der Waals surface area (Å²) in [6, 6.07) is 13.5. The van der Waals surface area contributed by atoms with Gasteiger partial charge in [0.15, 0.2) is 0 Å².